The molecule has 1 aromatic heterocycles. The Hall–Kier alpha value is -4.35. The number of aliphatic hydroxyl groups is 1. The number of nitrogens with one attached hydrogen (secondary N) is 3. The molecule has 1 aliphatic heterocycles. The van der Waals surface area contributed by atoms with Crippen molar-refractivity contribution in [2.75, 3.05) is 19.6 Å². The van der Waals surface area contributed by atoms with Crippen molar-refractivity contribution < 1.29 is 24.3 Å². The minimum absolute atomic E-state index is 0.0218. The minimum atomic E-state index is -1.31. The smallest absolute Gasteiger partial charge is 0.270 e. The fourth-order valence-electron chi connectivity index (χ4n) is 7.18. The van der Waals surface area contributed by atoms with Crippen molar-refractivity contribution in [2.45, 2.75) is 82.5 Å². The summed E-state index contributed by atoms with van der Waals surface area (Å²) < 4.78 is 0. The maximum absolute atomic E-state index is 13.8. The van der Waals surface area contributed by atoms with Gasteiger partial charge in [-0.25, -0.2) is 4.98 Å². The zero-order chi connectivity index (χ0) is 34.0. The summed E-state index contributed by atoms with van der Waals surface area (Å²) in [5.41, 5.74) is 6.86. The maximum Gasteiger partial charge on any atom is 0.270 e. The molecule has 1 saturated heterocycles. The summed E-state index contributed by atoms with van der Waals surface area (Å²) >= 11 is 0. The Morgan fingerprint density at radius 2 is 1.69 bits per heavy atom. The van der Waals surface area contributed by atoms with Crippen LogP contribution in [0, 0.1) is 11.8 Å². The van der Waals surface area contributed by atoms with Crippen LogP contribution >= 0.6 is 0 Å². The number of hydrogen-bond acceptors (Lipinski definition) is 7. The maximum atomic E-state index is 13.8. The minimum Gasteiger partial charge on any atom is -0.389 e. The third kappa shape index (κ3) is 8.96. The number of aliphatic hydroxyl groups excluding tert-OH is 1. The number of nitrogens with two attached hydrogens (primary N) is 1. The molecule has 2 fully saturated rings. The number of β-amino-alcohol motifs (C(OH)–C–C–N with tert-alkyl or cyclic N) is 1. The van der Waals surface area contributed by atoms with Gasteiger partial charge in [0.1, 0.15) is 11.7 Å². The summed E-state index contributed by atoms with van der Waals surface area (Å²) in [4.78, 5) is 59.0. The Bertz CT molecular complexity index is 1570. The molecule has 1 aliphatic carbocycles. The zero-order valence-electron chi connectivity index (χ0n) is 27.6. The molecular weight excluding hydrogens is 608 g/mol. The number of hydrogen-bond donors (Lipinski definition) is 5. The van der Waals surface area contributed by atoms with Crippen molar-refractivity contribution in [1.82, 2.24) is 25.8 Å². The van der Waals surface area contributed by atoms with E-state index in [2.05, 4.69) is 32.8 Å². The van der Waals surface area contributed by atoms with Gasteiger partial charge in [-0.3, -0.25) is 24.1 Å². The number of nitrogens with zero attached hydrogens (tertiary/aromatic N) is 2. The van der Waals surface area contributed by atoms with E-state index in [9.17, 15) is 24.3 Å². The first kappa shape index (κ1) is 35.0. The van der Waals surface area contributed by atoms with E-state index < -0.39 is 42.3 Å². The van der Waals surface area contributed by atoms with Crippen molar-refractivity contribution in [3.63, 3.8) is 0 Å². The molecule has 1 saturated carbocycles. The van der Waals surface area contributed by atoms with Gasteiger partial charge in [0.15, 0.2) is 0 Å². The molecule has 3 aromatic rings. The normalized spacial score (nSPS) is 21.3. The number of para-hydroxylation sites is 1. The van der Waals surface area contributed by atoms with Crippen molar-refractivity contribution in [1.29, 1.82) is 0 Å². The first-order valence-corrected chi connectivity index (χ1v) is 17.2. The number of likely N-dealkylation sites (tertiary alicyclic amines) is 1. The molecule has 6 atom stereocenters. The highest BCUT2D eigenvalue weighted by Gasteiger charge is 2.41. The van der Waals surface area contributed by atoms with Gasteiger partial charge in [-0.15, -0.1) is 0 Å². The number of pyridine rings is 1. The van der Waals surface area contributed by atoms with Crippen LogP contribution in [0.15, 0.2) is 66.7 Å². The number of carbonyl (C=O) groups is 4. The quantitative estimate of drug-likeness (QED) is 0.166. The van der Waals surface area contributed by atoms with Crippen molar-refractivity contribution >= 4 is 34.5 Å². The fourth-order valence-corrected chi connectivity index (χ4v) is 7.18. The Labute approximate surface area is 282 Å². The molecule has 256 valence electrons. The first-order valence-electron chi connectivity index (χ1n) is 17.2. The highest BCUT2D eigenvalue weighted by Crippen LogP contribution is 2.39. The summed E-state index contributed by atoms with van der Waals surface area (Å²) in [6.07, 6.45) is 5.62. The number of benzene rings is 2. The van der Waals surface area contributed by atoms with E-state index in [1.54, 1.807) is 30.3 Å². The van der Waals surface area contributed by atoms with Gasteiger partial charge in [-0.05, 0) is 48.8 Å². The Balaban J connectivity index is 1.34. The number of aromatic nitrogens is 1. The van der Waals surface area contributed by atoms with Crippen LogP contribution in [0.4, 0.5) is 0 Å². The van der Waals surface area contributed by atoms with Crippen LogP contribution in [0.1, 0.15) is 80.4 Å². The molecule has 5 rings (SSSR count). The number of carbonyl (C=O) groups excluding carboxylic acids is 4. The summed E-state index contributed by atoms with van der Waals surface area (Å²) in [6, 6.07) is 17.1. The molecule has 0 bridgehead atoms. The third-order valence-corrected chi connectivity index (χ3v) is 9.76. The Morgan fingerprint density at radius 3 is 2.44 bits per heavy atom. The van der Waals surface area contributed by atoms with Crippen molar-refractivity contribution in [3.05, 3.63) is 78.0 Å². The second-order valence-electron chi connectivity index (χ2n) is 13.2. The molecule has 48 heavy (non-hydrogen) atoms. The van der Waals surface area contributed by atoms with Gasteiger partial charge in [-0.1, -0.05) is 87.2 Å². The molecule has 2 aromatic carbocycles. The van der Waals surface area contributed by atoms with E-state index in [4.69, 9.17) is 5.73 Å². The van der Waals surface area contributed by atoms with Gasteiger partial charge in [-0.2, -0.15) is 0 Å². The predicted molar refractivity (Wildman–Crippen MR) is 183 cm³/mol. The first-order chi connectivity index (χ1) is 23.2. The van der Waals surface area contributed by atoms with E-state index in [-0.39, 0.29) is 24.2 Å². The molecule has 0 spiro atoms. The Morgan fingerprint density at radius 1 is 0.958 bits per heavy atom. The molecule has 11 nitrogen and oxygen atoms in total. The molecule has 4 amide bonds. The lowest BCUT2D eigenvalue weighted by atomic mass is 9.72. The highest BCUT2D eigenvalue weighted by molar-refractivity contribution is 5.99. The number of unbranched alkanes of at least 4 members (excludes halogenated alkanes) is 1. The summed E-state index contributed by atoms with van der Waals surface area (Å²) in [5, 5.41) is 21.3. The van der Waals surface area contributed by atoms with Crippen LogP contribution < -0.4 is 21.7 Å². The van der Waals surface area contributed by atoms with E-state index in [1.807, 2.05) is 36.4 Å². The molecular formula is C37H48N6O5. The Kier molecular flexibility index (Phi) is 12.1. The van der Waals surface area contributed by atoms with E-state index in [0.717, 1.165) is 43.9 Å². The average molecular weight is 657 g/mol. The second-order valence-corrected chi connectivity index (χ2v) is 13.2. The van der Waals surface area contributed by atoms with Gasteiger partial charge in [0.05, 0.1) is 30.1 Å². The summed E-state index contributed by atoms with van der Waals surface area (Å²) in [5.74, 6) is -1.16. The van der Waals surface area contributed by atoms with Crippen LogP contribution in [0.2, 0.25) is 0 Å². The lowest BCUT2D eigenvalue weighted by Crippen LogP contribution is -2.58. The number of piperidine rings is 1. The van der Waals surface area contributed by atoms with E-state index in [0.29, 0.717) is 36.0 Å². The molecule has 11 heteroatoms. The second kappa shape index (κ2) is 16.7. The lowest BCUT2D eigenvalue weighted by molar-refractivity contribution is -0.132. The van der Waals surface area contributed by atoms with Crippen LogP contribution in [-0.2, 0) is 14.4 Å². The van der Waals surface area contributed by atoms with E-state index >= 15 is 0 Å². The zero-order valence-corrected chi connectivity index (χ0v) is 27.6. The third-order valence-electron chi connectivity index (χ3n) is 9.76. The number of rotatable bonds is 14. The fraction of sp³-hybridized carbons (Fsp3) is 0.486. The standard InChI is InChI=1S/C37H48N6O5/c1-2-3-19-39-37(48)31-20-26-14-7-8-15-27(26)22-43(31)23-32(44)34(25-12-5-4-6-13-25)42-36(47)30(21-33(38)45)41-35(46)29-18-17-24-11-9-10-16-28(24)40-29/h4-6,9-13,16-18,26-27,30-32,34,44H,2-3,7-8,14-15,19-23H2,1H3,(H2,38,45)(H,39,48)(H,41,46)(H,42,47)/t26-,27+,30-,31-,32+,34?/m0/s1. The van der Waals surface area contributed by atoms with Crippen molar-refractivity contribution in [3.8, 4) is 0 Å². The molecule has 2 aliphatic rings. The number of primary amides is 1. The highest BCUT2D eigenvalue weighted by atomic mass is 16.3. The van der Waals surface area contributed by atoms with E-state index in [1.165, 1.54) is 6.42 Å². The van der Waals surface area contributed by atoms with Gasteiger partial charge in [0, 0.05) is 25.0 Å². The van der Waals surface area contributed by atoms with Gasteiger partial charge in [0.2, 0.25) is 17.7 Å². The average Bonchev–Trinajstić information content (AvgIpc) is 3.09. The van der Waals surface area contributed by atoms with Crippen LogP contribution in [-0.4, -0.2) is 76.4 Å². The van der Waals surface area contributed by atoms with Crippen LogP contribution in [0.5, 0.6) is 0 Å². The summed E-state index contributed by atoms with van der Waals surface area (Å²) in [6.45, 7) is 3.55. The number of fused-ring (bicyclic) bond motifs is 2. The summed E-state index contributed by atoms with van der Waals surface area (Å²) in [7, 11) is 0. The SMILES string of the molecule is CCCCNC(=O)[C@@H]1C[C@@H]2CCCC[C@@H]2CN1C[C@@H](O)C(NC(=O)[C@H](CC(N)=O)NC(=O)c1ccc2ccccc2n1)c1ccccc1. The molecule has 1 unspecified atom stereocenters. The largest absolute Gasteiger partial charge is 0.389 e. The predicted octanol–water partition coefficient (Wildman–Crippen LogP) is 3.22. The van der Waals surface area contributed by atoms with Gasteiger partial charge < -0.3 is 26.8 Å². The van der Waals surface area contributed by atoms with Crippen LogP contribution in [0.25, 0.3) is 10.9 Å². The molecule has 6 N–H and O–H groups in total. The van der Waals surface area contributed by atoms with Crippen LogP contribution in [0.3, 0.4) is 0 Å². The van der Waals surface area contributed by atoms with Gasteiger partial charge >= 0.3 is 0 Å². The topological polar surface area (TPSA) is 167 Å². The molecule has 2 heterocycles. The lowest BCUT2D eigenvalue weighted by Gasteiger charge is -2.46. The van der Waals surface area contributed by atoms with Crippen molar-refractivity contribution in [2.24, 2.45) is 17.6 Å². The molecule has 0 radical (unpaired) electrons. The number of amides is 4. The monoisotopic (exact) mass is 656 g/mol. The van der Waals surface area contributed by atoms with Gasteiger partial charge in [0.25, 0.3) is 5.91 Å².